The number of cyclic esters (lactones) is 1. The molecule has 9 nitrogen and oxygen atoms in total. The molecule has 2 saturated heterocycles. The number of halogens is 3. The Morgan fingerprint density at radius 1 is 1.27 bits per heavy atom. The van der Waals surface area contributed by atoms with Crippen molar-refractivity contribution in [3.05, 3.63) is 39.5 Å². The van der Waals surface area contributed by atoms with E-state index in [4.69, 9.17) is 21.1 Å². The highest BCUT2D eigenvalue weighted by atomic mass is 35.5. The van der Waals surface area contributed by atoms with Gasteiger partial charge in [0.15, 0.2) is 5.75 Å². The van der Waals surface area contributed by atoms with Crippen LogP contribution in [0.25, 0.3) is 0 Å². The predicted molar refractivity (Wildman–Crippen MR) is 116 cm³/mol. The Hall–Kier alpha value is -2.96. The number of carbonyl (C=O) groups is 3. The number of morpholine rings is 1. The maximum atomic E-state index is 13.1. The number of amides is 3. The van der Waals surface area contributed by atoms with Crippen molar-refractivity contribution in [1.29, 1.82) is 0 Å². The minimum absolute atomic E-state index is 0.000258. The van der Waals surface area contributed by atoms with Gasteiger partial charge in [-0.2, -0.15) is 8.78 Å². The lowest BCUT2D eigenvalue weighted by Gasteiger charge is -2.28. The standard InChI is InChI=1S/C20H18ClF2N3O6S/c21-16-4-3-15(33-16)18(28)24-8-12-9-26(20(29)31-12)13-2-1-11(7-14(13)32-19(22)23)25-5-6-30-10-17(25)27/h1-4,7,12,19H,5-6,8-10H2,(H,24,28)/t12-/m0/s1. The van der Waals surface area contributed by atoms with Crippen LogP contribution in [0.5, 0.6) is 5.75 Å². The van der Waals surface area contributed by atoms with E-state index >= 15 is 0 Å². The molecule has 33 heavy (non-hydrogen) atoms. The van der Waals surface area contributed by atoms with Crippen LogP contribution in [-0.4, -0.2) is 63.5 Å². The van der Waals surface area contributed by atoms with Crippen LogP contribution < -0.4 is 19.9 Å². The Morgan fingerprint density at radius 2 is 2.09 bits per heavy atom. The number of rotatable bonds is 7. The Labute approximate surface area is 195 Å². The molecule has 3 amide bonds. The molecule has 0 saturated carbocycles. The minimum atomic E-state index is -3.15. The second-order valence-electron chi connectivity index (χ2n) is 7.06. The molecule has 1 aromatic heterocycles. The number of benzene rings is 1. The lowest BCUT2D eigenvalue weighted by atomic mass is 10.2. The third-order valence-corrected chi connectivity index (χ3v) is 6.14. The molecule has 176 valence electrons. The highest BCUT2D eigenvalue weighted by molar-refractivity contribution is 7.18. The summed E-state index contributed by atoms with van der Waals surface area (Å²) in [6.07, 6.45) is -1.49. The van der Waals surface area contributed by atoms with Gasteiger partial charge in [-0.1, -0.05) is 11.6 Å². The van der Waals surface area contributed by atoms with E-state index in [2.05, 4.69) is 10.1 Å². The molecule has 0 radical (unpaired) electrons. The van der Waals surface area contributed by atoms with Crippen LogP contribution in [0.3, 0.4) is 0 Å². The third-order valence-electron chi connectivity index (χ3n) is 4.91. The van der Waals surface area contributed by atoms with Crippen molar-refractivity contribution in [2.24, 2.45) is 0 Å². The van der Waals surface area contributed by atoms with Crippen LogP contribution in [-0.2, 0) is 14.3 Å². The van der Waals surface area contributed by atoms with Crippen molar-refractivity contribution in [3.63, 3.8) is 0 Å². The first kappa shape index (κ1) is 23.2. The Bertz CT molecular complexity index is 1070. The van der Waals surface area contributed by atoms with E-state index in [-0.39, 0.29) is 49.5 Å². The SMILES string of the molecule is O=C(NC[C@H]1CN(c2ccc(N3CCOCC3=O)cc2OC(F)F)C(=O)O1)c1ccc(Cl)s1. The van der Waals surface area contributed by atoms with E-state index in [0.717, 1.165) is 16.2 Å². The fraction of sp³-hybridized carbons (Fsp3) is 0.350. The van der Waals surface area contributed by atoms with Crippen LogP contribution in [0.4, 0.5) is 25.0 Å². The van der Waals surface area contributed by atoms with Gasteiger partial charge in [-0.05, 0) is 24.3 Å². The molecule has 3 heterocycles. The molecule has 2 aromatic rings. The molecule has 1 atom stereocenters. The van der Waals surface area contributed by atoms with E-state index < -0.39 is 18.8 Å². The minimum Gasteiger partial charge on any atom is -0.442 e. The number of hydrogen-bond acceptors (Lipinski definition) is 7. The highest BCUT2D eigenvalue weighted by Gasteiger charge is 2.35. The first-order chi connectivity index (χ1) is 15.8. The summed E-state index contributed by atoms with van der Waals surface area (Å²) in [7, 11) is 0. The van der Waals surface area contributed by atoms with Gasteiger partial charge in [0.25, 0.3) is 11.8 Å². The lowest BCUT2D eigenvalue weighted by molar-refractivity contribution is -0.125. The topological polar surface area (TPSA) is 97.4 Å². The highest BCUT2D eigenvalue weighted by Crippen LogP contribution is 2.36. The fourth-order valence-corrected chi connectivity index (χ4v) is 4.39. The van der Waals surface area contributed by atoms with Gasteiger partial charge in [0.1, 0.15) is 12.7 Å². The van der Waals surface area contributed by atoms with Gasteiger partial charge in [0.05, 0.1) is 34.6 Å². The summed E-state index contributed by atoms with van der Waals surface area (Å²) in [5.74, 6) is -0.972. The third kappa shape index (κ3) is 5.34. The Kier molecular flexibility index (Phi) is 6.96. The van der Waals surface area contributed by atoms with Gasteiger partial charge in [-0.15, -0.1) is 11.3 Å². The van der Waals surface area contributed by atoms with Crippen molar-refractivity contribution in [1.82, 2.24) is 5.32 Å². The summed E-state index contributed by atoms with van der Waals surface area (Å²) in [6, 6.07) is 7.38. The number of nitrogens with zero attached hydrogens (tertiary/aromatic N) is 2. The molecule has 0 unspecified atom stereocenters. The number of thiophene rings is 1. The number of alkyl halides is 2. The predicted octanol–water partition coefficient (Wildman–Crippen LogP) is 3.12. The molecule has 0 bridgehead atoms. The van der Waals surface area contributed by atoms with Gasteiger partial charge in [-0.3, -0.25) is 14.5 Å². The molecular formula is C20H18ClF2N3O6S. The maximum Gasteiger partial charge on any atom is 0.414 e. The smallest absolute Gasteiger partial charge is 0.414 e. The molecule has 2 aliphatic rings. The number of nitrogens with one attached hydrogen (secondary N) is 1. The van der Waals surface area contributed by atoms with Gasteiger partial charge < -0.3 is 24.4 Å². The average molecular weight is 502 g/mol. The summed E-state index contributed by atoms with van der Waals surface area (Å²) in [5.41, 5.74) is 0.400. The Balaban J connectivity index is 1.48. The summed E-state index contributed by atoms with van der Waals surface area (Å²) in [4.78, 5) is 39.6. The lowest BCUT2D eigenvalue weighted by Crippen LogP contribution is -2.41. The first-order valence-corrected chi connectivity index (χ1v) is 11.0. The summed E-state index contributed by atoms with van der Waals surface area (Å²) < 4.78 is 41.6. The van der Waals surface area contributed by atoms with Crippen molar-refractivity contribution in [2.75, 3.05) is 42.6 Å². The maximum absolute atomic E-state index is 13.1. The molecular weight excluding hydrogens is 484 g/mol. The molecule has 0 spiro atoms. The fourth-order valence-electron chi connectivity index (χ4n) is 3.43. The number of anilines is 2. The van der Waals surface area contributed by atoms with E-state index in [9.17, 15) is 23.2 Å². The summed E-state index contributed by atoms with van der Waals surface area (Å²) in [6.45, 7) is -2.68. The van der Waals surface area contributed by atoms with Crippen molar-refractivity contribution in [2.45, 2.75) is 12.7 Å². The molecule has 4 rings (SSSR count). The Morgan fingerprint density at radius 3 is 2.79 bits per heavy atom. The second kappa shape index (κ2) is 9.89. The summed E-state index contributed by atoms with van der Waals surface area (Å²) >= 11 is 6.94. The molecule has 1 N–H and O–H groups in total. The molecule has 2 fully saturated rings. The molecule has 2 aliphatic heterocycles. The second-order valence-corrected chi connectivity index (χ2v) is 8.77. The van der Waals surface area contributed by atoms with E-state index in [1.165, 1.54) is 23.1 Å². The largest absolute Gasteiger partial charge is 0.442 e. The van der Waals surface area contributed by atoms with Gasteiger partial charge >= 0.3 is 12.7 Å². The van der Waals surface area contributed by atoms with Crippen molar-refractivity contribution in [3.8, 4) is 5.75 Å². The van der Waals surface area contributed by atoms with E-state index in [0.29, 0.717) is 21.5 Å². The van der Waals surface area contributed by atoms with Gasteiger partial charge in [0.2, 0.25) is 0 Å². The van der Waals surface area contributed by atoms with Crippen molar-refractivity contribution < 1.29 is 37.4 Å². The van der Waals surface area contributed by atoms with Gasteiger partial charge in [0, 0.05) is 18.3 Å². The zero-order chi connectivity index (χ0) is 23.5. The summed E-state index contributed by atoms with van der Waals surface area (Å²) in [5, 5.41) is 2.65. The zero-order valence-corrected chi connectivity index (χ0v) is 18.5. The number of ether oxygens (including phenoxy) is 3. The monoisotopic (exact) mass is 501 g/mol. The van der Waals surface area contributed by atoms with Crippen molar-refractivity contribution >= 4 is 52.2 Å². The van der Waals surface area contributed by atoms with Crippen LogP contribution >= 0.6 is 22.9 Å². The van der Waals surface area contributed by atoms with E-state index in [1.807, 2.05) is 0 Å². The molecule has 1 aromatic carbocycles. The molecule has 0 aliphatic carbocycles. The average Bonchev–Trinajstić information content (AvgIpc) is 3.37. The van der Waals surface area contributed by atoms with Crippen LogP contribution in [0, 0.1) is 0 Å². The van der Waals surface area contributed by atoms with Crippen LogP contribution in [0.15, 0.2) is 30.3 Å². The quantitative estimate of drug-likeness (QED) is 0.626. The van der Waals surface area contributed by atoms with Crippen LogP contribution in [0.2, 0.25) is 4.34 Å². The number of hydrogen-bond donors (Lipinski definition) is 1. The first-order valence-electron chi connectivity index (χ1n) is 9.80. The van der Waals surface area contributed by atoms with Gasteiger partial charge in [-0.25, -0.2) is 4.79 Å². The number of carbonyl (C=O) groups excluding carboxylic acids is 3. The zero-order valence-electron chi connectivity index (χ0n) is 17.0. The normalized spacial score (nSPS) is 18.6. The van der Waals surface area contributed by atoms with Crippen LogP contribution in [0.1, 0.15) is 9.67 Å². The van der Waals surface area contributed by atoms with E-state index in [1.54, 1.807) is 12.1 Å². The molecule has 13 heteroatoms.